The smallest absolute Gasteiger partial charge is 0.335 e. The van der Waals surface area contributed by atoms with E-state index >= 15 is 0 Å². The van der Waals surface area contributed by atoms with E-state index in [2.05, 4.69) is 0 Å². The van der Waals surface area contributed by atoms with Crippen LogP contribution in [-0.4, -0.2) is 46.0 Å². The lowest BCUT2D eigenvalue weighted by Crippen LogP contribution is -2.43. The van der Waals surface area contributed by atoms with Crippen LogP contribution in [0.3, 0.4) is 0 Å². The molecule has 1 saturated heterocycles. The lowest BCUT2D eigenvalue weighted by Gasteiger charge is -2.27. The quantitative estimate of drug-likeness (QED) is 0.864. The number of aromatic carboxylic acids is 1. The third-order valence-electron chi connectivity index (χ3n) is 3.57. The zero-order chi connectivity index (χ0) is 17.2. The van der Waals surface area contributed by atoms with Gasteiger partial charge in [-0.05, 0) is 57.9 Å². The number of carboxylic acid groups (broad SMARTS) is 1. The third kappa shape index (κ3) is 4.09. The monoisotopic (exact) mass is 319 g/mol. The Morgan fingerprint density at radius 1 is 1.13 bits per heavy atom. The van der Waals surface area contributed by atoms with Crippen LogP contribution in [0.25, 0.3) is 0 Å². The highest BCUT2D eigenvalue weighted by Crippen LogP contribution is 2.23. The predicted molar refractivity (Wildman–Crippen MR) is 83.3 cm³/mol. The Balaban J connectivity index is 2.14. The van der Waals surface area contributed by atoms with Crippen LogP contribution in [0.5, 0.6) is 0 Å². The van der Waals surface area contributed by atoms with Crippen LogP contribution in [-0.2, 0) is 9.53 Å². The van der Waals surface area contributed by atoms with Crippen LogP contribution in [0.15, 0.2) is 24.3 Å². The van der Waals surface area contributed by atoms with E-state index in [0.29, 0.717) is 18.5 Å². The summed E-state index contributed by atoms with van der Waals surface area (Å²) in [5.74, 6) is -1.72. The Labute approximate surface area is 135 Å². The van der Waals surface area contributed by atoms with E-state index in [0.717, 1.165) is 6.42 Å². The molecule has 1 aromatic rings. The molecule has 0 unspecified atom stereocenters. The van der Waals surface area contributed by atoms with Crippen LogP contribution < -0.4 is 0 Å². The van der Waals surface area contributed by atoms with Crippen molar-refractivity contribution >= 4 is 17.8 Å². The lowest BCUT2D eigenvalue weighted by atomic mass is 10.1. The second kappa shape index (κ2) is 6.40. The molecule has 1 amide bonds. The first kappa shape index (κ1) is 17.0. The van der Waals surface area contributed by atoms with E-state index in [1.54, 1.807) is 20.8 Å². The Morgan fingerprint density at radius 3 is 2.22 bits per heavy atom. The van der Waals surface area contributed by atoms with Crippen molar-refractivity contribution in [3.05, 3.63) is 35.4 Å². The number of carbonyl (C=O) groups excluding carboxylic acids is 2. The molecule has 0 saturated carbocycles. The molecule has 1 atom stereocenters. The largest absolute Gasteiger partial charge is 0.478 e. The number of esters is 1. The summed E-state index contributed by atoms with van der Waals surface area (Å²) >= 11 is 0. The maximum atomic E-state index is 12.6. The molecular weight excluding hydrogens is 298 g/mol. The van der Waals surface area contributed by atoms with Gasteiger partial charge in [0.15, 0.2) is 0 Å². The number of likely N-dealkylation sites (tertiary alicyclic amines) is 1. The van der Waals surface area contributed by atoms with Crippen molar-refractivity contribution in [2.24, 2.45) is 0 Å². The molecule has 6 heteroatoms. The lowest BCUT2D eigenvalue weighted by molar-refractivity contribution is -0.159. The molecule has 1 aromatic carbocycles. The zero-order valence-corrected chi connectivity index (χ0v) is 13.5. The molecule has 23 heavy (non-hydrogen) atoms. The van der Waals surface area contributed by atoms with E-state index in [4.69, 9.17) is 9.84 Å². The number of carbonyl (C=O) groups is 3. The summed E-state index contributed by atoms with van der Waals surface area (Å²) in [6.07, 6.45) is 1.32. The number of amides is 1. The second-order valence-electron chi connectivity index (χ2n) is 6.57. The van der Waals surface area contributed by atoms with E-state index in [1.165, 1.54) is 29.2 Å². The first-order chi connectivity index (χ1) is 10.7. The van der Waals surface area contributed by atoms with Crippen molar-refractivity contribution < 1.29 is 24.2 Å². The first-order valence-corrected chi connectivity index (χ1v) is 7.56. The molecular formula is C17H21NO5. The minimum absolute atomic E-state index is 0.117. The van der Waals surface area contributed by atoms with Crippen LogP contribution >= 0.6 is 0 Å². The highest BCUT2D eigenvalue weighted by Gasteiger charge is 2.37. The number of nitrogens with zero attached hydrogens (tertiary/aromatic N) is 1. The minimum Gasteiger partial charge on any atom is -0.478 e. The van der Waals surface area contributed by atoms with Crippen molar-refractivity contribution in [2.75, 3.05) is 6.54 Å². The number of benzene rings is 1. The third-order valence-corrected chi connectivity index (χ3v) is 3.57. The van der Waals surface area contributed by atoms with Gasteiger partial charge in [0.1, 0.15) is 11.6 Å². The number of hydrogen-bond acceptors (Lipinski definition) is 4. The standard InChI is InChI=1S/C17H21NO5/c1-17(2,3)23-16(22)13-5-4-10-18(13)14(19)11-6-8-12(9-7-11)15(20)21/h6-9,13H,4-5,10H2,1-3H3,(H,20,21)/t13-/m0/s1. The molecule has 0 aromatic heterocycles. The van der Waals surface area contributed by atoms with Crippen molar-refractivity contribution in [2.45, 2.75) is 45.3 Å². The average molecular weight is 319 g/mol. The second-order valence-corrected chi connectivity index (χ2v) is 6.57. The van der Waals surface area contributed by atoms with Gasteiger partial charge >= 0.3 is 11.9 Å². The molecule has 6 nitrogen and oxygen atoms in total. The molecule has 0 bridgehead atoms. The predicted octanol–water partition coefficient (Wildman–Crippen LogP) is 2.33. The average Bonchev–Trinajstić information content (AvgIpc) is 2.94. The number of rotatable bonds is 3. The summed E-state index contributed by atoms with van der Waals surface area (Å²) < 4.78 is 5.38. The highest BCUT2D eigenvalue weighted by molar-refractivity contribution is 5.98. The van der Waals surface area contributed by atoms with Crippen LogP contribution in [0.2, 0.25) is 0 Å². The zero-order valence-electron chi connectivity index (χ0n) is 13.5. The molecule has 1 fully saturated rings. The summed E-state index contributed by atoms with van der Waals surface area (Å²) in [5.41, 5.74) is -0.116. The maximum Gasteiger partial charge on any atom is 0.335 e. The Morgan fingerprint density at radius 2 is 1.70 bits per heavy atom. The summed E-state index contributed by atoms with van der Waals surface area (Å²) in [4.78, 5) is 37.2. The van der Waals surface area contributed by atoms with Gasteiger partial charge in [0, 0.05) is 12.1 Å². The Hall–Kier alpha value is -2.37. The summed E-state index contributed by atoms with van der Waals surface area (Å²) in [6, 6.07) is 5.12. The molecule has 0 radical (unpaired) electrons. The Bertz CT molecular complexity index is 615. The van der Waals surface area contributed by atoms with Crippen molar-refractivity contribution in [1.82, 2.24) is 4.90 Å². The normalized spacial score (nSPS) is 17.9. The maximum absolute atomic E-state index is 12.6. The number of hydrogen-bond donors (Lipinski definition) is 1. The Kier molecular flexibility index (Phi) is 4.73. The van der Waals surface area contributed by atoms with Crippen LogP contribution in [0.1, 0.15) is 54.3 Å². The molecule has 0 aliphatic carbocycles. The van der Waals surface area contributed by atoms with Crippen molar-refractivity contribution in [3.8, 4) is 0 Å². The number of ether oxygens (including phenoxy) is 1. The fourth-order valence-electron chi connectivity index (χ4n) is 2.55. The summed E-state index contributed by atoms with van der Waals surface area (Å²) in [5, 5.41) is 8.89. The van der Waals surface area contributed by atoms with Crippen LogP contribution in [0.4, 0.5) is 0 Å². The van der Waals surface area contributed by atoms with E-state index in [-0.39, 0.29) is 11.5 Å². The molecule has 2 rings (SSSR count). The molecule has 1 N–H and O–H groups in total. The minimum atomic E-state index is -1.04. The highest BCUT2D eigenvalue weighted by atomic mass is 16.6. The van der Waals surface area contributed by atoms with Crippen molar-refractivity contribution in [3.63, 3.8) is 0 Å². The van der Waals surface area contributed by atoms with Gasteiger partial charge in [0.05, 0.1) is 5.56 Å². The SMILES string of the molecule is CC(C)(C)OC(=O)[C@@H]1CCCN1C(=O)c1ccc(C(=O)O)cc1. The van der Waals surface area contributed by atoms with E-state index in [9.17, 15) is 14.4 Å². The van der Waals surface area contributed by atoms with Gasteiger partial charge < -0.3 is 14.7 Å². The van der Waals surface area contributed by atoms with Gasteiger partial charge in [-0.25, -0.2) is 9.59 Å². The van der Waals surface area contributed by atoms with Gasteiger partial charge in [-0.1, -0.05) is 0 Å². The van der Waals surface area contributed by atoms with E-state index in [1.807, 2.05) is 0 Å². The van der Waals surface area contributed by atoms with Gasteiger partial charge in [-0.3, -0.25) is 4.79 Å². The first-order valence-electron chi connectivity index (χ1n) is 7.56. The topological polar surface area (TPSA) is 83.9 Å². The molecule has 1 heterocycles. The summed E-state index contributed by atoms with van der Waals surface area (Å²) in [7, 11) is 0. The molecule has 124 valence electrons. The van der Waals surface area contributed by atoms with Gasteiger partial charge in [0.25, 0.3) is 5.91 Å². The molecule has 1 aliphatic rings. The van der Waals surface area contributed by atoms with Crippen molar-refractivity contribution in [1.29, 1.82) is 0 Å². The fourth-order valence-corrected chi connectivity index (χ4v) is 2.55. The molecule has 1 aliphatic heterocycles. The fraction of sp³-hybridized carbons (Fsp3) is 0.471. The van der Waals surface area contributed by atoms with Gasteiger partial charge in [-0.15, -0.1) is 0 Å². The number of carboxylic acids is 1. The van der Waals surface area contributed by atoms with Gasteiger partial charge in [0.2, 0.25) is 0 Å². The van der Waals surface area contributed by atoms with Crippen LogP contribution in [0, 0.1) is 0 Å². The van der Waals surface area contributed by atoms with E-state index < -0.39 is 23.6 Å². The van der Waals surface area contributed by atoms with Gasteiger partial charge in [-0.2, -0.15) is 0 Å². The molecule has 0 spiro atoms. The summed E-state index contributed by atoms with van der Waals surface area (Å²) in [6.45, 7) is 5.85.